The molecule has 1 heteroatoms. The Hall–Kier alpha value is -0.560. The van der Waals surface area contributed by atoms with Crippen LogP contribution in [0.5, 0.6) is 0 Å². The summed E-state index contributed by atoms with van der Waals surface area (Å²) in [6.07, 6.45) is 5.22. The van der Waals surface area contributed by atoms with Gasteiger partial charge in [0.05, 0.1) is 13.2 Å². The largest absolute Gasteiger partial charge is 0.373 e. The molecule has 0 spiro atoms. The van der Waals surface area contributed by atoms with Crippen molar-refractivity contribution in [3.8, 4) is 0 Å². The van der Waals surface area contributed by atoms with Crippen molar-refractivity contribution in [3.05, 3.63) is 24.3 Å². The summed E-state index contributed by atoms with van der Waals surface area (Å²) in [6.45, 7) is 14.2. The SMILES string of the molecule is C=C(COC/C=C/C)C(C)C(C)CC. The van der Waals surface area contributed by atoms with Gasteiger partial charge in [0.15, 0.2) is 0 Å². The summed E-state index contributed by atoms with van der Waals surface area (Å²) in [6, 6.07) is 0. The van der Waals surface area contributed by atoms with Gasteiger partial charge >= 0.3 is 0 Å². The molecule has 1 nitrogen and oxygen atoms in total. The van der Waals surface area contributed by atoms with Crippen molar-refractivity contribution in [2.24, 2.45) is 11.8 Å². The third-order valence-electron chi connectivity index (χ3n) is 2.88. The molecule has 0 aromatic heterocycles. The predicted octanol–water partition coefficient (Wildman–Crippen LogP) is 3.82. The summed E-state index contributed by atoms with van der Waals surface area (Å²) in [5.41, 5.74) is 1.21. The van der Waals surface area contributed by atoms with Crippen LogP contribution in [0.1, 0.15) is 34.1 Å². The van der Waals surface area contributed by atoms with Crippen LogP contribution in [0, 0.1) is 11.8 Å². The molecule has 0 saturated heterocycles. The Kier molecular flexibility index (Phi) is 7.50. The Morgan fingerprint density at radius 3 is 2.57 bits per heavy atom. The Morgan fingerprint density at radius 1 is 1.43 bits per heavy atom. The van der Waals surface area contributed by atoms with Crippen LogP contribution in [0.15, 0.2) is 24.3 Å². The number of hydrogen-bond donors (Lipinski definition) is 0. The van der Waals surface area contributed by atoms with Crippen molar-refractivity contribution in [3.63, 3.8) is 0 Å². The van der Waals surface area contributed by atoms with E-state index in [1.165, 1.54) is 12.0 Å². The minimum Gasteiger partial charge on any atom is -0.373 e. The van der Waals surface area contributed by atoms with E-state index in [9.17, 15) is 0 Å². The second-order valence-corrected chi connectivity index (χ2v) is 3.92. The van der Waals surface area contributed by atoms with Gasteiger partial charge in [0.25, 0.3) is 0 Å². The van der Waals surface area contributed by atoms with Gasteiger partial charge in [-0.25, -0.2) is 0 Å². The minimum absolute atomic E-state index is 0.561. The maximum atomic E-state index is 5.47. The van der Waals surface area contributed by atoms with Gasteiger partial charge in [0, 0.05) is 0 Å². The third kappa shape index (κ3) is 5.23. The fourth-order valence-electron chi connectivity index (χ4n) is 1.24. The van der Waals surface area contributed by atoms with Gasteiger partial charge < -0.3 is 4.74 Å². The van der Waals surface area contributed by atoms with Crippen LogP contribution in [0.3, 0.4) is 0 Å². The average Bonchev–Trinajstić information content (AvgIpc) is 2.21. The highest BCUT2D eigenvalue weighted by Gasteiger charge is 2.13. The third-order valence-corrected chi connectivity index (χ3v) is 2.88. The normalized spacial score (nSPS) is 15.7. The summed E-state index contributed by atoms with van der Waals surface area (Å²) >= 11 is 0. The Labute approximate surface area is 88.9 Å². The number of allylic oxidation sites excluding steroid dienone is 1. The van der Waals surface area contributed by atoms with E-state index in [1.54, 1.807) is 0 Å². The zero-order chi connectivity index (χ0) is 11.0. The minimum atomic E-state index is 0.561. The van der Waals surface area contributed by atoms with E-state index in [0.717, 1.165) is 0 Å². The molecule has 0 saturated carbocycles. The molecule has 0 aliphatic carbocycles. The molecule has 14 heavy (non-hydrogen) atoms. The standard InChI is InChI=1S/C13H24O/c1-6-8-9-14-10-12(4)13(5)11(3)7-2/h6,8,11,13H,4,7,9-10H2,1-3,5H3/b8-6+. The van der Waals surface area contributed by atoms with Crippen LogP contribution in [-0.4, -0.2) is 13.2 Å². The smallest absolute Gasteiger partial charge is 0.0681 e. The van der Waals surface area contributed by atoms with Gasteiger partial charge in [-0.1, -0.05) is 45.9 Å². The zero-order valence-corrected chi connectivity index (χ0v) is 10.0. The van der Waals surface area contributed by atoms with Crippen LogP contribution in [-0.2, 0) is 4.74 Å². The monoisotopic (exact) mass is 196 g/mol. The van der Waals surface area contributed by atoms with Gasteiger partial charge in [-0.2, -0.15) is 0 Å². The van der Waals surface area contributed by atoms with Gasteiger partial charge in [-0.3, -0.25) is 0 Å². The van der Waals surface area contributed by atoms with Gasteiger partial charge in [-0.05, 0) is 24.3 Å². The Bertz CT molecular complexity index is 182. The lowest BCUT2D eigenvalue weighted by molar-refractivity contribution is 0.175. The molecule has 0 aliphatic rings. The zero-order valence-electron chi connectivity index (χ0n) is 10.0. The number of ether oxygens (including phenoxy) is 1. The lowest BCUT2D eigenvalue weighted by atomic mass is 9.88. The molecule has 0 aromatic rings. The van der Waals surface area contributed by atoms with E-state index < -0.39 is 0 Å². The molecule has 0 amide bonds. The molecule has 2 atom stereocenters. The molecule has 0 aliphatic heterocycles. The van der Waals surface area contributed by atoms with Crippen molar-refractivity contribution in [2.75, 3.05) is 13.2 Å². The maximum absolute atomic E-state index is 5.47. The first-order valence-corrected chi connectivity index (χ1v) is 5.50. The first-order chi connectivity index (χ1) is 6.63. The van der Waals surface area contributed by atoms with E-state index in [2.05, 4.69) is 27.4 Å². The molecule has 0 bridgehead atoms. The second-order valence-electron chi connectivity index (χ2n) is 3.92. The lowest BCUT2D eigenvalue weighted by Gasteiger charge is -2.20. The van der Waals surface area contributed by atoms with Crippen molar-refractivity contribution in [1.29, 1.82) is 0 Å². The van der Waals surface area contributed by atoms with Crippen molar-refractivity contribution in [1.82, 2.24) is 0 Å². The van der Waals surface area contributed by atoms with E-state index in [-0.39, 0.29) is 0 Å². The van der Waals surface area contributed by atoms with Crippen molar-refractivity contribution < 1.29 is 4.74 Å². The molecule has 0 aromatic carbocycles. The van der Waals surface area contributed by atoms with Crippen LogP contribution in [0.4, 0.5) is 0 Å². The van der Waals surface area contributed by atoms with Crippen LogP contribution >= 0.6 is 0 Å². The molecular formula is C13H24O. The van der Waals surface area contributed by atoms with Crippen LogP contribution in [0.2, 0.25) is 0 Å². The molecule has 2 unspecified atom stereocenters. The van der Waals surface area contributed by atoms with Crippen molar-refractivity contribution >= 4 is 0 Å². The van der Waals surface area contributed by atoms with Crippen LogP contribution in [0.25, 0.3) is 0 Å². The second kappa shape index (κ2) is 7.81. The summed E-state index contributed by atoms with van der Waals surface area (Å²) in [7, 11) is 0. The molecular weight excluding hydrogens is 172 g/mol. The Morgan fingerprint density at radius 2 is 2.07 bits per heavy atom. The fraction of sp³-hybridized carbons (Fsp3) is 0.692. The highest BCUT2D eigenvalue weighted by Crippen LogP contribution is 2.21. The summed E-state index contributed by atoms with van der Waals surface area (Å²) in [5, 5.41) is 0. The average molecular weight is 196 g/mol. The number of hydrogen-bond acceptors (Lipinski definition) is 1. The first kappa shape index (κ1) is 13.4. The van der Waals surface area contributed by atoms with Crippen LogP contribution < -0.4 is 0 Å². The molecule has 0 heterocycles. The maximum Gasteiger partial charge on any atom is 0.0681 e. The molecule has 0 radical (unpaired) electrons. The van der Waals surface area contributed by atoms with E-state index >= 15 is 0 Å². The van der Waals surface area contributed by atoms with E-state index in [1.807, 2.05) is 19.1 Å². The van der Waals surface area contributed by atoms with Gasteiger partial charge in [-0.15, -0.1) is 0 Å². The molecule has 0 rings (SSSR count). The molecule has 0 fully saturated rings. The summed E-state index contributed by atoms with van der Waals surface area (Å²) in [4.78, 5) is 0. The fourth-order valence-corrected chi connectivity index (χ4v) is 1.24. The predicted molar refractivity (Wildman–Crippen MR) is 63.4 cm³/mol. The number of rotatable bonds is 7. The topological polar surface area (TPSA) is 9.23 Å². The molecule has 82 valence electrons. The Balaban J connectivity index is 3.72. The molecule has 0 N–H and O–H groups in total. The van der Waals surface area contributed by atoms with Crippen molar-refractivity contribution in [2.45, 2.75) is 34.1 Å². The van der Waals surface area contributed by atoms with Gasteiger partial charge in [0.1, 0.15) is 0 Å². The summed E-state index contributed by atoms with van der Waals surface area (Å²) < 4.78 is 5.47. The highest BCUT2D eigenvalue weighted by molar-refractivity contribution is 5.01. The highest BCUT2D eigenvalue weighted by atomic mass is 16.5. The van der Waals surface area contributed by atoms with E-state index in [0.29, 0.717) is 25.0 Å². The van der Waals surface area contributed by atoms with E-state index in [4.69, 9.17) is 4.74 Å². The lowest BCUT2D eigenvalue weighted by Crippen LogP contribution is -2.13. The quantitative estimate of drug-likeness (QED) is 0.444. The first-order valence-electron chi connectivity index (χ1n) is 5.50. The summed E-state index contributed by atoms with van der Waals surface area (Å²) in [5.74, 6) is 1.26. The van der Waals surface area contributed by atoms with Gasteiger partial charge in [0.2, 0.25) is 0 Å².